The van der Waals surface area contributed by atoms with Crippen LogP contribution in [-0.2, 0) is 47.7 Å². The second-order valence-electron chi connectivity index (χ2n) is 21.0. The molecule has 452 valence electrons. The van der Waals surface area contributed by atoms with Gasteiger partial charge in [0.2, 0.25) is 11.8 Å². The van der Waals surface area contributed by atoms with Crippen LogP contribution in [0.2, 0.25) is 0 Å². The van der Waals surface area contributed by atoms with Crippen molar-refractivity contribution in [2.45, 2.75) is 90.6 Å². The summed E-state index contributed by atoms with van der Waals surface area (Å²) in [6.07, 6.45) is -2.10. The van der Waals surface area contributed by atoms with Gasteiger partial charge < -0.3 is 75.7 Å². The molecule has 0 radical (unpaired) electrons. The Morgan fingerprint density at radius 1 is 0.560 bits per heavy atom. The number of benzene rings is 2. The van der Waals surface area contributed by atoms with Crippen LogP contribution >= 0.6 is 0 Å². The summed E-state index contributed by atoms with van der Waals surface area (Å²) in [5.74, 6) is -11.5. The van der Waals surface area contributed by atoms with Gasteiger partial charge in [-0.1, -0.05) is 100 Å². The number of hydrogen-bond acceptors (Lipinski definition) is 19. The molecule has 2 aliphatic heterocycles. The first-order chi connectivity index (χ1) is 39.5. The summed E-state index contributed by atoms with van der Waals surface area (Å²) in [4.78, 5) is 129. The molecular weight excluding hydrogens is 1100 g/mol. The van der Waals surface area contributed by atoms with Gasteiger partial charge in [0.25, 0.3) is 11.8 Å². The number of pyridine rings is 2. The molecular formula is C54H70B2N8O20. The van der Waals surface area contributed by atoms with Gasteiger partial charge in [-0.05, 0) is 62.8 Å². The zero-order valence-corrected chi connectivity index (χ0v) is 46.9. The number of aliphatic hydroxyl groups excluding tert-OH is 2. The molecule has 2 aromatic carbocycles. The Hall–Kier alpha value is -8.67. The van der Waals surface area contributed by atoms with E-state index in [1.165, 1.54) is 26.0 Å². The molecule has 4 aromatic rings. The van der Waals surface area contributed by atoms with Crippen LogP contribution in [0.3, 0.4) is 0 Å². The second kappa shape index (κ2) is 31.1. The molecule has 2 aliphatic rings. The molecule has 2 aromatic heterocycles. The van der Waals surface area contributed by atoms with Crippen molar-refractivity contribution in [2.75, 3.05) is 39.3 Å². The Balaban J connectivity index is 0.000000307. The van der Waals surface area contributed by atoms with Crippen LogP contribution in [0.25, 0.3) is 22.5 Å². The average Bonchev–Trinajstić information content (AvgIpc) is 1.59. The molecule has 4 amide bonds. The van der Waals surface area contributed by atoms with Crippen molar-refractivity contribution in [3.63, 3.8) is 0 Å². The minimum Gasteiger partial charge on any atom is -0.599 e. The molecule has 28 nitrogen and oxygen atoms in total. The van der Waals surface area contributed by atoms with Gasteiger partial charge in [0.1, 0.15) is 43.1 Å². The number of aromatic nitrogens is 2. The lowest BCUT2D eigenvalue weighted by molar-refractivity contribution is -0.808. The van der Waals surface area contributed by atoms with Gasteiger partial charge in [-0.25, -0.2) is 14.8 Å². The highest BCUT2D eigenvalue weighted by Crippen LogP contribution is 2.39. The summed E-state index contributed by atoms with van der Waals surface area (Å²) in [5, 5.41) is 84.1. The van der Waals surface area contributed by atoms with Crippen LogP contribution in [0.4, 0.5) is 0 Å². The monoisotopic (exact) mass is 1170 g/mol. The van der Waals surface area contributed by atoms with Crippen molar-refractivity contribution in [1.29, 1.82) is 0 Å². The van der Waals surface area contributed by atoms with E-state index in [9.17, 15) is 73.3 Å². The van der Waals surface area contributed by atoms with Gasteiger partial charge in [0.05, 0.1) is 55.1 Å². The predicted molar refractivity (Wildman–Crippen MR) is 298 cm³/mol. The average molecular weight is 1170 g/mol. The number of amides is 4. The lowest BCUT2D eigenvalue weighted by Crippen LogP contribution is -2.74. The molecule has 84 heavy (non-hydrogen) atoms. The maximum Gasteiger partial charge on any atom is 0.606 e. The van der Waals surface area contributed by atoms with Gasteiger partial charge in [-0.3, -0.25) is 48.1 Å². The van der Waals surface area contributed by atoms with Crippen LogP contribution in [0, 0.1) is 11.8 Å². The molecule has 2 saturated heterocycles. The minimum atomic E-state index is -3.01. The van der Waals surface area contributed by atoms with Crippen LogP contribution in [-0.4, -0.2) is 209 Å². The molecule has 4 heterocycles. The maximum atomic E-state index is 13.6. The zero-order valence-electron chi connectivity index (χ0n) is 46.9. The second-order valence-corrected chi connectivity index (χ2v) is 21.0. The standard InChI is InChI=1S/C27H33BN4O9.C21H28BN3O5.C6H9NO6/c1-16(2)12-21(28-32(13-22(34)35,14-23(36)40-28)15-24(37)41-28)30-27(39)25(17(3)33)31-26(38)20-11-7-10-19(29-20)18-8-5-4-6-9-18;1-13(2)12-18(22(29)30)24-21(28)19(14(3)26)25-20(27)17-11-7-10-16(23-17)15-8-5-4-6-9-15;8-4(9)1-7(2-5(10)11)3-6(12)13/h4-11,16-17,21,25,33H,12-15H2,1-3H3,(H,30,39)(H,31,38)(H,34,35);4-11,13-14,18-19,26,29-30H,12H2,1-3H3,(H,24,28)(H,25,27);1-3H2,(H,8,9)(H,10,11)(H,12,13)/t17-,21-,25-,28?,32?;14-,18-,19-;/m00./s1. The first-order valence-corrected chi connectivity index (χ1v) is 26.5. The Labute approximate surface area is 482 Å². The SMILES string of the molecule is CC(C)C[C@H](NC(=O)[C@@H](NC(=O)c1cccc(-c2ccccc2)n1)[C@H](C)O)B(O)O.CC(C)C[C@H](NC(=O)[C@@H](NC(=O)c1cccc(-c2ccccc2)n1)[C@H](C)O)[B-]12OC(=O)C[N+]1(CC(=O)O)CC(=O)O2.O=C(O)CN(CC(=O)O)CC(=O)O. The van der Waals surface area contributed by atoms with E-state index in [1.807, 2.05) is 88.4 Å². The van der Waals surface area contributed by atoms with E-state index in [0.717, 1.165) is 16.0 Å². The van der Waals surface area contributed by atoms with Crippen molar-refractivity contribution in [1.82, 2.24) is 36.1 Å². The number of carbonyl (C=O) groups is 10. The number of nitrogens with zero attached hydrogens (tertiary/aromatic N) is 4. The van der Waals surface area contributed by atoms with Gasteiger partial charge in [0.15, 0.2) is 0 Å². The highest BCUT2D eigenvalue weighted by Gasteiger charge is 2.71. The molecule has 0 spiro atoms. The van der Waals surface area contributed by atoms with Crippen LogP contribution in [0.15, 0.2) is 97.1 Å². The van der Waals surface area contributed by atoms with Crippen LogP contribution < -0.4 is 21.3 Å². The van der Waals surface area contributed by atoms with Crippen molar-refractivity contribution in [3.05, 3.63) is 108 Å². The number of aliphatic carboxylic acids is 4. The summed E-state index contributed by atoms with van der Waals surface area (Å²) in [5.41, 5.74) is 2.86. The fraction of sp³-hybridized carbons (Fsp3) is 0.407. The fourth-order valence-electron chi connectivity index (χ4n) is 9.37. The van der Waals surface area contributed by atoms with E-state index < -0.39 is 153 Å². The molecule has 0 unspecified atom stereocenters. The number of carboxylic acids is 4. The molecule has 0 bridgehead atoms. The van der Waals surface area contributed by atoms with E-state index in [4.69, 9.17) is 24.6 Å². The number of aliphatic hydroxyl groups is 2. The number of carbonyl (C=O) groups excluding carboxylic acids is 6. The number of nitrogens with one attached hydrogen (secondary N) is 4. The van der Waals surface area contributed by atoms with Gasteiger partial charge >= 0.3 is 49.6 Å². The van der Waals surface area contributed by atoms with E-state index in [2.05, 4.69) is 31.2 Å². The van der Waals surface area contributed by atoms with Gasteiger partial charge in [-0.15, -0.1) is 0 Å². The summed E-state index contributed by atoms with van der Waals surface area (Å²) in [6.45, 7) is 3.81. The highest BCUT2D eigenvalue weighted by atomic mass is 16.7. The smallest absolute Gasteiger partial charge is 0.599 e. The maximum absolute atomic E-state index is 13.6. The topological polar surface area (TPSA) is 428 Å². The molecule has 2 fully saturated rings. The highest BCUT2D eigenvalue weighted by molar-refractivity contribution is 6.68. The number of rotatable bonds is 26. The van der Waals surface area contributed by atoms with Crippen LogP contribution in [0.5, 0.6) is 0 Å². The van der Waals surface area contributed by atoms with Gasteiger partial charge in [0, 0.05) is 11.1 Å². The minimum absolute atomic E-state index is 0.0120. The first-order valence-electron chi connectivity index (χ1n) is 26.5. The third-order valence-corrected chi connectivity index (χ3v) is 13.0. The number of hydrogen-bond donors (Lipinski definition) is 12. The Morgan fingerprint density at radius 3 is 1.30 bits per heavy atom. The van der Waals surface area contributed by atoms with Gasteiger partial charge in [-0.2, -0.15) is 0 Å². The third kappa shape index (κ3) is 19.8. The Bertz CT molecular complexity index is 2920. The van der Waals surface area contributed by atoms with Crippen LogP contribution in [0.1, 0.15) is 75.4 Å². The Kier molecular flexibility index (Phi) is 25.1. The zero-order chi connectivity index (χ0) is 62.6. The number of fused-ring (bicyclic) bond motifs is 1. The number of quaternary nitrogens is 1. The normalized spacial score (nSPS) is 18.1. The van der Waals surface area contributed by atoms with Crippen molar-refractivity contribution >= 4 is 73.2 Å². The lowest BCUT2D eigenvalue weighted by atomic mass is 9.57. The van der Waals surface area contributed by atoms with Crippen molar-refractivity contribution in [3.8, 4) is 22.5 Å². The largest absolute Gasteiger partial charge is 0.606 e. The molecule has 6 atom stereocenters. The van der Waals surface area contributed by atoms with E-state index in [0.29, 0.717) is 17.8 Å². The van der Waals surface area contributed by atoms with E-state index in [-0.39, 0.29) is 29.6 Å². The van der Waals surface area contributed by atoms with E-state index in [1.54, 1.807) is 24.3 Å². The molecule has 0 aliphatic carbocycles. The summed E-state index contributed by atoms with van der Waals surface area (Å²) in [7, 11) is -1.76. The van der Waals surface area contributed by atoms with E-state index >= 15 is 0 Å². The van der Waals surface area contributed by atoms with Crippen molar-refractivity contribution in [2.24, 2.45) is 11.8 Å². The quantitative estimate of drug-likeness (QED) is 0.0355. The summed E-state index contributed by atoms with van der Waals surface area (Å²) >= 11 is 0. The molecule has 0 saturated carbocycles. The summed E-state index contributed by atoms with van der Waals surface area (Å²) < 4.78 is 10.5. The third-order valence-electron chi connectivity index (χ3n) is 13.0. The molecule has 6 rings (SSSR count). The first kappa shape index (κ1) is 67.8. The fourth-order valence-corrected chi connectivity index (χ4v) is 9.37. The number of carboxylic acid groups (broad SMARTS) is 4. The predicted octanol–water partition coefficient (Wildman–Crippen LogP) is -0.435. The molecule has 12 N–H and O–H groups in total. The van der Waals surface area contributed by atoms with Crippen molar-refractivity contribution < 1.29 is 102 Å². The lowest BCUT2D eigenvalue weighted by Gasteiger charge is -2.46. The molecule has 30 heteroatoms. The Morgan fingerprint density at radius 2 is 0.952 bits per heavy atom. The summed E-state index contributed by atoms with van der Waals surface area (Å²) in [6, 6.07) is 25.6.